The van der Waals surface area contributed by atoms with Gasteiger partial charge in [0.15, 0.2) is 5.41 Å². The van der Waals surface area contributed by atoms with Crippen molar-refractivity contribution in [2.24, 2.45) is 5.41 Å². The summed E-state index contributed by atoms with van der Waals surface area (Å²) < 4.78 is 10.6. The summed E-state index contributed by atoms with van der Waals surface area (Å²) in [4.78, 5) is 28.7. The summed E-state index contributed by atoms with van der Waals surface area (Å²) in [6.07, 6.45) is 10.5. The van der Waals surface area contributed by atoms with E-state index in [1.165, 1.54) is 63.3 Å². The number of benzene rings is 1. The maximum atomic E-state index is 12.4. The summed E-state index contributed by atoms with van der Waals surface area (Å²) in [5, 5.41) is 9.17. The molecule has 6 nitrogen and oxygen atoms in total. The molecule has 32 heavy (non-hydrogen) atoms. The summed E-state index contributed by atoms with van der Waals surface area (Å²) in [6.45, 7) is 5.50. The third kappa shape index (κ3) is 7.49. The van der Waals surface area contributed by atoms with Gasteiger partial charge in [0, 0.05) is 6.20 Å². The Balaban J connectivity index is 1.85. The number of aryl methyl sites for hydroxylation is 1. The first-order valence-electron chi connectivity index (χ1n) is 11.3. The van der Waals surface area contributed by atoms with E-state index in [2.05, 4.69) is 11.9 Å². The van der Waals surface area contributed by atoms with E-state index in [-0.39, 0.29) is 11.4 Å². The maximum absolute atomic E-state index is 12.4. The van der Waals surface area contributed by atoms with Crippen LogP contribution < -0.4 is 9.47 Å². The second-order valence-electron chi connectivity index (χ2n) is 8.12. The summed E-state index contributed by atoms with van der Waals surface area (Å²) in [6, 6.07) is 11.7. The van der Waals surface area contributed by atoms with E-state index in [9.17, 15) is 14.9 Å². The maximum Gasteiger partial charge on any atom is 0.362 e. The van der Waals surface area contributed by atoms with E-state index in [4.69, 9.17) is 9.47 Å². The Morgan fingerprint density at radius 3 is 2.12 bits per heavy atom. The van der Waals surface area contributed by atoms with Gasteiger partial charge in [-0.3, -0.25) is 0 Å². The van der Waals surface area contributed by atoms with Gasteiger partial charge < -0.3 is 9.47 Å². The van der Waals surface area contributed by atoms with Crippen molar-refractivity contribution in [1.29, 1.82) is 5.26 Å². The number of carbonyl (C=O) groups is 2. The van der Waals surface area contributed by atoms with Crippen molar-refractivity contribution in [2.75, 3.05) is 0 Å². The highest BCUT2D eigenvalue weighted by Crippen LogP contribution is 2.25. The van der Waals surface area contributed by atoms with Gasteiger partial charge in [0.05, 0.1) is 6.07 Å². The van der Waals surface area contributed by atoms with E-state index in [0.29, 0.717) is 12.2 Å². The number of unbranched alkanes of at least 4 members (excludes halogenated alkanes) is 5. The molecule has 0 aliphatic carbocycles. The molecule has 2 rings (SSSR count). The molecule has 0 amide bonds. The summed E-state index contributed by atoms with van der Waals surface area (Å²) in [7, 11) is 0. The van der Waals surface area contributed by atoms with Gasteiger partial charge in [0.2, 0.25) is 0 Å². The minimum absolute atomic E-state index is 0.236. The molecule has 1 atom stereocenters. The van der Waals surface area contributed by atoms with E-state index in [1.807, 2.05) is 12.1 Å². The highest BCUT2D eigenvalue weighted by molar-refractivity contribution is 5.89. The number of esters is 2. The first-order valence-corrected chi connectivity index (χ1v) is 11.3. The minimum atomic E-state index is -1.20. The molecule has 0 spiro atoms. The normalized spacial score (nSPS) is 12.4. The monoisotopic (exact) mass is 436 g/mol. The van der Waals surface area contributed by atoms with Crippen LogP contribution in [0.1, 0.15) is 81.8 Å². The highest BCUT2D eigenvalue weighted by Gasteiger charge is 2.33. The molecule has 0 saturated heterocycles. The summed E-state index contributed by atoms with van der Waals surface area (Å²) in [5.74, 6) is -0.574. The number of ether oxygens (including phenoxy) is 2. The molecule has 1 heterocycles. The van der Waals surface area contributed by atoms with Gasteiger partial charge >= 0.3 is 11.9 Å². The number of aromatic nitrogens is 1. The lowest BCUT2D eigenvalue weighted by Crippen LogP contribution is -2.29. The van der Waals surface area contributed by atoms with Gasteiger partial charge in [-0.2, -0.15) is 5.26 Å². The van der Waals surface area contributed by atoms with E-state index in [1.54, 1.807) is 19.2 Å². The van der Waals surface area contributed by atoms with Crippen molar-refractivity contribution in [2.45, 2.75) is 72.1 Å². The molecule has 0 aliphatic rings. The number of nitriles is 1. The number of hydrogen-bond acceptors (Lipinski definition) is 6. The fourth-order valence-electron chi connectivity index (χ4n) is 3.03. The number of hydrogen-bond donors (Lipinski definition) is 0. The van der Waals surface area contributed by atoms with Crippen LogP contribution in [0.25, 0.3) is 0 Å². The third-order valence-electron chi connectivity index (χ3n) is 5.50. The Bertz CT molecular complexity index is 916. The topological polar surface area (TPSA) is 89.3 Å². The minimum Gasteiger partial charge on any atom is -0.425 e. The molecule has 0 bridgehead atoms. The Morgan fingerprint density at radius 2 is 1.56 bits per heavy atom. The summed E-state index contributed by atoms with van der Waals surface area (Å²) in [5.41, 5.74) is 0.150. The Morgan fingerprint density at radius 1 is 0.938 bits per heavy atom. The van der Waals surface area contributed by atoms with E-state index in [0.717, 1.165) is 18.4 Å². The van der Waals surface area contributed by atoms with Crippen LogP contribution in [-0.4, -0.2) is 16.9 Å². The molecule has 0 fully saturated rings. The SMILES string of the molecule is CCCCCCCCc1ccc(C(=O)Oc2ccc(OC(=O)C(C)(C#N)CC)cc2)nc1. The fourth-order valence-corrected chi connectivity index (χ4v) is 3.03. The largest absolute Gasteiger partial charge is 0.425 e. The summed E-state index contributed by atoms with van der Waals surface area (Å²) >= 11 is 0. The zero-order chi connectivity index (χ0) is 23.4. The van der Waals surface area contributed by atoms with Crippen LogP contribution in [0, 0.1) is 16.7 Å². The fraction of sp³-hybridized carbons (Fsp3) is 0.462. The van der Waals surface area contributed by atoms with Gasteiger partial charge in [0.1, 0.15) is 17.2 Å². The second kappa shape index (κ2) is 12.6. The van der Waals surface area contributed by atoms with Crippen LogP contribution in [-0.2, 0) is 11.2 Å². The van der Waals surface area contributed by atoms with Crippen LogP contribution in [0.15, 0.2) is 42.6 Å². The third-order valence-corrected chi connectivity index (χ3v) is 5.50. The van der Waals surface area contributed by atoms with E-state index >= 15 is 0 Å². The van der Waals surface area contributed by atoms with Crippen molar-refractivity contribution in [1.82, 2.24) is 4.98 Å². The van der Waals surface area contributed by atoms with Crippen LogP contribution in [0.5, 0.6) is 11.5 Å². The molecule has 1 aromatic carbocycles. The number of pyridine rings is 1. The van der Waals surface area contributed by atoms with Crippen LogP contribution in [0.4, 0.5) is 0 Å². The average molecular weight is 437 g/mol. The van der Waals surface area contributed by atoms with Crippen molar-refractivity contribution >= 4 is 11.9 Å². The quantitative estimate of drug-likeness (QED) is 0.229. The standard InChI is InChI=1S/C26H32N2O4/c1-4-6-7-8-9-10-11-20-12-17-23(28-18-20)24(29)31-21-13-15-22(16-14-21)32-25(30)26(3,5-2)19-27/h12-18H,4-11H2,1-3H3. The lowest BCUT2D eigenvalue weighted by molar-refractivity contribution is -0.142. The Hall–Kier alpha value is -3.20. The van der Waals surface area contributed by atoms with Crippen molar-refractivity contribution in [3.05, 3.63) is 53.9 Å². The first kappa shape index (κ1) is 25.1. The van der Waals surface area contributed by atoms with Gasteiger partial charge in [-0.15, -0.1) is 0 Å². The Kier molecular flexibility index (Phi) is 9.87. The smallest absolute Gasteiger partial charge is 0.362 e. The molecule has 0 saturated carbocycles. The lowest BCUT2D eigenvalue weighted by Gasteiger charge is -2.17. The zero-order valence-corrected chi connectivity index (χ0v) is 19.2. The first-order chi connectivity index (χ1) is 15.4. The van der Waals surface area contributed by atoms with Crippen LogP contribution in [0.2, 0.25) is 0 Å². The number of carbonyl (C=O) groups excluding carboxylic acids is 2. The molecule has 1 aromatic heterocycles. The average Bonchev–Trinajstić information content (AvgIpc) is 2.82. The highest BCUT2D eigenvalue weighted by atomic mass is 16.5. The molecule has 0 aliphatic heterocycles. The zero-order valence-electron chi connectivity index (χ0n) is 19.2. The van der Waals surface area contributed by atoms with Crippen LogP contribution >= 0.6 is 0 Å². The molecular weight excluding hydrogens is 404 g/mol. The van der Waals surface area contributed by atoms with Crippen molar-refractivity contribution in [3.63, 3.8) is 0 Å². The predicted octanol–water partition coefficient (Wildman–Crippen LogP) is 6.05. The van der Waals surface area contributed by atoms with E-state index < -0.39 is 17.4 Å². The molecule has 0 N–H and O–H groups in total. The molecule has 2 aromatic rings. The number of rotatable bonds is 12. The van der Waals surface area contributed by atoms with Gasteiger partial charge in [0.25, 0.3) is 0 Å². The molecule has 6 heteroatoms. The van der Waals surface area contributed by atoms with Crippen LogP contribution in [0.3, 0.4) is 0 Å². The van der Waals surface area contributed by atoms with Crippen molar-refractivity contribution in [3.8, 4) is 17.6 Å². The van der Waals surface area contributed by atoms with Gasteiger partial charge in [-0.05, 0) is 62.1 Å². The van der Waals surface area contributed by atoms with Gasteiger partial charge in [-0.25, -0.2) is 14.6 Å². The molecule has 1 unspecified atom stereocenters. The Labute approximate surface area is 190 Å². The van der Waals surface area contributed by atoms with Crippen molar-refractivity contribution < 1.29 is 19.1 Å². The lowest BCUT2D eigenvalue weighted by atomic mass is 9.90. The molecule has 0 radical (unpaired) electrons. The predicted molar refractivity (Wildman–Crippen MR) is 122 cm³/mol. The molecule has 170 valence electrons. The molecular formula is C26H32N2O4. The number of nitrogens with zero attached hydrogens (tertiary/aromatic N) is 2. The second-order valence-corrected chi connectivity index (χ2v) is 8.12. The van der Waals surface area contributed by atoms with Gasteiger partial charge in [-0.1, -0.05) is 52.0 Å².